The Morgan fingerprint density at radius 1 is 1.07 bits per heavy atom. The first-order valence-electron chi connectivity index (χ1n) is 13.8. The van der Waals surface area contributed by atoms with Crippen molar-refractivity contribution in [2.24, 2.45) is 16.3 Å². The SMILES string of the molecule is COc1cc(C=Nc2sc3c(c2C(=O)Nc2ccccc2)CC[C@H](C(C)(C)C)C3)ccc1OCc1ccccc1F. The van der Waals surface area contributed by atoms with Gasteiger partial charge < -0.3 is 14.8 Å². The summed E-state index contributed by atoms with van der Waals surface area (Å²) in [5.41, 5.74) is 4.00. The maximum Gasteiger partial charge on any atom is 0.259 e. The molecule has 5 nitrogen and oxygen atoms in total. The standard InChI is InChI=1S/C34H35FN2O3S/c1-34(2,3)24-15-16-26-30(19-24)41-33(31(26)32(38)37-25-11-6-5-7-12-25)36-20-22-14-17-28(29(18-22)39-4)40-21-23-10-8-9-13-27(23)35/h5-14,17-18,20,24H,15-16,19,21H2,1-4H3,(H,37,38)/t24-/m0/s1. The Morgan fingerprint density at radius 3 is 2.56 bits per heavy atom. The summed E-state index contributed by atoms with van der Waals surface area (Å²) in [5, 5.41) is 3.77. The number of halogens is 1. The Kier molecular flexibility index (Phi) is 8.54. The number of hydrogen-bond donors (Lipinski definition) is 1. The number of rotatable bonds is 8. The molecule has 0 radical (unpaired) electrons. The molecule has 0 unspecified atom stereocenters. The fourth-order valence-electron chi connectivity index (χ4n) is 5.14. The van der Waals surface area contributed by atoms with Gasteiger partial charge in [-0.15, -0.1) is 11.3 Å². The summed E-state index contributed by atoms with van der Waals surface area (Å²) in [6.07, 6.45) is 4.61. The van der Waals surface area contributed by atoms with Gasteiger partial charge in [0.2, 0.25) is 0 Å². The lowest BCUT2D eigenvalue weighted by Gasteiger charge is -2.33. The molecule has 0 saturated carbocycles. The van der Waals surface area contributed by atoms with E-state index in [1.165, 1.54) is 10.9 Å². The van der Waals surface area contributed by atoms with Crippen molar-refractivity contribution in [3.63, 3.8) is 0 Å². The topological polar surface area (TPSA) is 59.9 Å². The predicted molar refractivity (Wildman–Crippen MR) is 165 cm³/mol. The zero-order chi connectivity index (χ0) is 29.0. The first-order valence-corrected chi connectivity index (χ1v) is 14.6. The zero-order valence-corrected chi connectivity index (χ0v) is 24.7. The number of nitrogens with zero attached hydrogens (tertiary/aromatic N) is 1. The van der Waals surface area contributed by atoms with Gasteiger partial charge in [0.05, 0.1) is 12.7 Å². The van der Waals surface area contributed by atoms with Gasteiger partial charge in [0.15, 0.2) is 11.5 Å². The van der Waals surface area contributed by atoms with E-state index in [1.807, 2.05) is 42.5 Å². The molecule has 41 heavy (non-hydrogen) atoms. The van der Waals surface area contributed by atoms with Crippen LogP contribution in [-0.2, 0) is 19.4 Å². The van der Waals surface area contributed by atoms with Crippen LogP contribution < -0.4 is 14.8 Å². The van der Waals surface area contributed by atoms with Crippen LogP contribution in [0.25, 0.3) is 0 Å². The zero-order valence-electron chi connectivity index (χ0n) is 23.9. The summed E-state index contributed by atoms with van der Waals surface area (Å²) < 4.78 is 25.4. The van der Waals surface area contributed by atoms with Crippen LogP contribution in [0.4, 0.5) is 15.1 Å². The van der Waals surface area contributed by atoms with Gasteiger partial charge in [-0.3, -0.25) is 4.79 Å². The molecule has 1 aliphatic rings. The maximum atomic E-state index is 14.0. The number of para-hydroxylation sites is 1. The molecule has 1 N–H and O–H groups in total. The van der Waals surface area contributed by atoms with Crippen LogP contribution in [0, 0.1) is 17.2 Å². The average Bonchev–Trinajstić information content (AvgIpc) is 3.34. The minimum Gasteiger partial charge on any atom is -0.493 e. The highest BCUT2D eigenvalue weighted by molar-refractivity contribution is 7.16. The third-order valence-corrected chi connectivity index (χ3v) is 8.75. The quantitative estimate of drug-likeness (QED) is 0.216. The summed E-state index contributed by atoms with van der Waals surface area (Å²) >= 11 is 1.61. The summed E-state index contributed by atoms with van der Waals surface area (Å²) in [4.78, 5) is 19.6. The molecule has 0 saturated heterocycles. The fourth-order valence-corrected chi connectivity index (χ4v) is 6.41. The van der Waals surface area contributed by atoms with Gasteiger partial charge >= 0.3 is 0 Å². The highest BCUT2D eigenvalue weighted by Gasteiger charge is 2.33. The second-order valence-corrected chi connectivity index (χ2v) is 12.4. The smallest absolute Gasteiger partial charge is 0.259 e. The molecule has 7 heteroatoms. The molecule has 4 aromatic rings. The van der Waals surface area contributed by atoms with Crippen LogP contribution in [-0.4, -0.2) is 19.2 Å². The molecule has 0 aliphatic heterocycles. The van der Waals surface area contributed by atoms with E-state index in [-0.39, 0.29) is 23.7 Å². The Morgan fingerprint density at radius 2 is 1.83 bits per heavy atom. The van der Waals surface area contributed by atoms with E-state index < -0.39 is 0 Å². The third-order valence-electron chi connectivity index (χ3n) is 7.59. The number of nitrogens with one attached hydrogen (secondary N) is 1. The Hall–Kier alpha value is -3.97. The number of fused-ring (bicyclic) bond motifs is 1. The second kappa shape index (κ2) is 12.3. The average molecular weight is 571 g/mol. The summed E-state index contributed by atoms with van der Waals surface area (Å²) in [6.45, 7) is 6.95. The lowest BCUT2D eigenvalue weighted by Crippen LogP contribution is -2.27. The molecule has 1 aromatic heterocycles. The monoisotopic (exact) mass is 570 g/mol. The highest BCUT2D eigenvalue weighted by atomic mass is 32.1. The molecule has 1 amide bonds. The van der Waals surface area contributed by atoms with Gasteiger partial charge in [0.25, 0.3) is 5.91 Å². The molecule has 0 spiro atoms. The Labute approximate surface area is 245 Å². The molecular formula is C34H35FN2O3S. The van der Waals surface area contributed by atoms with Crippen molar-refractivity contribution in [1.29, 1.82) is 0 Å². The summed E-state index contributed by atoms with van der Waals surface area (Å²) in [6, 6.07) is 21.5. The van der Waals surface area contributed by atoms with Crippen LogP contribution in [0.15, 0.2) is 77.8 Å². The number of benzene rings is 3. The summed E-state index contributed by atoms with van der Waals surface area (Å²) in [7, 11) is 1.57. The number of aliphatic imine (C=N–C) groups is 1. The molecule has 3 aromatic carbocycles. The van der Waals surface area contributed by atoms with Crippen LogP contribution >= 0.6 is 11.3 Å². The minimum absolute atomic E-state index is 0.0899. The van der Waals surface area contributed by atoms with E-state index in [0.29, 0.717) is 33.5 Å². The number of carbonyl (C=O) groups is 1. The van der Waals surface area contributed by atoms with Crippen molar-refractivity contribution < 1.29 is 18.7 Å². The molecule has 1 heterocycles. The molecule has 1 atom stereocenters. The number of methoxy groups -OCH3 is 1. The van der Waals surface area contributed by atoms with Gasteiger partial charge in [-0.1, -0.05) is 57.2 Å². The Balaban J connectivity index is 1.41. The summed E-state index contributed by atoms with van der Waals surface area (Å²) in [5.74, 6) is 1.14. The maximum absolute atomic E-state index is 14.0. The van der Waals surface area contributed by atoms with Gasteiger partial charge in [0, 0.05) is 22.3 Å². The predicted octanol–water partition coefficient (Wildman–Crippen LogP) is 8.63. The highest BCUT2D eigenvalue weighted by Crippen LogP contribution is 2.45. The molecule has 5 rings (SSSR count). The lowest BCUT2D eigenvalue weighted by molar-refractivity contribution is 0.102. The van der Waals surface area contributed by atoms with Crippen molar-refractivity contribution in [2.45, 2.75) is 46.6 Å². The van der Waals surface area contributed by atoms with E-state index in [4.69, 9.17) is 14.5 Å². The van der Waals surface area contributed by atoms with Crippen molar-refractivity contribution in [1.82, 2.24) is 0 Å². The van der Waals surface area contributed by atoms with E-state index in [0.717, 1.165) is 36.1 Å². The van der Waals surface area contributed by atoms with Gasteiger partial charge in [-0.2, -0.15) is 0 Å². The van der Waals surface area contributed by atoms with Crippen LogP contribution in [0.2, 0.25) is 0 Å². The van der Waals surface area contributed by atoms with Crippen molar-refractivity contribution >= 4 is 34.1 Å². The fraction of sp³-hybridized carbons (Fsp3) is 0.294. The minimum atomic E-state index is -0.310. The second-order valence-electron chi connectivity index (χ2n) is 11.4. The first kappa shape index (κ1) is 28.6. The number of thiophene rings is 1. The molecule has 0 fully saturated rings. The number of hydrogen-bond acceptors (Lipinski definition) is 5. The normalized spacial score (nSPS) is 15.0. The van der Waals surface area contributed by atoms with E-state index in [9.17, 15) is 9.18 Å². The van der Waals surface area contributed by atoms with Crippen LogP contribution in [0.1, 0.15) is 59.1 Å². The number of anilines is 1. The molecule has 1 aliphatic carbocycles. The molecule has 0 bridgehead atoms. The molecule has 212 valence electrons. The van der Waals surface area contributed by atoms with Gasteiger partial charge in [0.1, 0.15) is 17.4 Å². The third kappa shape index (κ3) is 6.68. The van der Waals surface area contributed by atoms with Gasteiger partial charge in [-0.25, -0.2) is 9.38 Å². The number of amides is 1. The molecular weight excluding hydrogens is 535 g/mol. The number of ether oxygens (including phenoxy) is 2. The largest absolute Gasteiger partial charge is 0.493 e. The lowest BCUT2D eigenvalue weighted by atomic mass is 9.72. The van der Waals surface area contributed by atoms with Crippen molar-refractivity contribution in [2.75, 3.05) is 12.4 Å². The van der Waals surface area contributed by atoms with Crippen molar-refractivity contribution in [3.8, 4) is 11.5 Å². The number of carbonyl (C=O) groups excluding carboxylic acids is 1. The Bertz CT molecular complexity index is 1560. The van der Waals surface area contributed by atoms with E-state index in [2.05, 4.69) is 26.1 Å². The van der Waals surface area contributed by atoms with Crippen molar-refractivity contribution in [3.05, 3.63) is 106 Å². The van der Waals surface area contributed by atoms with Crippen LogP contribution in [0.3, 0.4) is 0 Å². The van der Waals surface area contributed by atoms with Crippen LogP contribution in [0.5, 0.6) is 11.5 Å². The van der Waals surface area contributed by atoms with E-state index in [1.54, 1.807) is 48.9 Å². The van der Waals surface area contributed by atoms with Gasteiger partial charge in [-0.05, 0) is 78.1 Å². The van der Waals surface area contributed by atoms with E-state index >= 15 is 0 Å². The first-order chi connectivity index (χ1) is 19.7.